The van der Waals surface area contributed by atoms with Crippen LogP contribution in [0, 0.1) is 0 Å². The SMILES string of the molecule is CCCCC(CCCC)NCCO. The quantitative estimate of drug-likeness (QED) is 0.580. The molecule has 0 amide bonds. The first-order valence-electron chi connectivity index (χ1n) is 5.69. The molecule has 0 aromatic carbocycles. The van der Waals surface area contributed by atoms with E-state index in [-0.39, 0.29) is 6.61 Å². The zero-order chi connectivity index (χ0) is 9.94. The van der Waals surface area contributed by atoms with Gasteiger partial charge < -0.3 is 10.4 Å². The first kappa shape index (κ1) is 12.9. The summed E-state index contributed by atoms with van der Waals surface area (Å²) in [7, 11) is 0. The fourth-order valence-corrected chi connectivity index (χ4v) is 1.52. The summed E-state index contributed by atoms with van der Waals surface area (Å²) in [6.07, 6.45) is 7.65. The van der Waals surface area contributed by atoms with Crippen LogP contribution in [0.3, 0.4) is 0 Å². The van der Waals surface area contributed by atoms with E-state index < -0.39 is 0 Å². The molecule has 0 aliphatic heterocycles. The molecule has 0 bridgehead atoms. The lowest BCUT2D eigenvalue weighted by molar-refractivity contribution is 0.278. The molecule has 13 heavy (non-hydrogen) atoms. The topological polar surface area (TPSA) is 32.3 Å². The van der Waals surface area contributed by atoms with Crippen molar-refractivity contribution in [2.45, 2.75) is 58.4 Å². The molecule has 0 saturated heterocycles. The molecule has 0 radical (unpaired) electrons. The summed E-state index contributed by atoms with van der Waals surface area (Å²) in [5.41, 5.74) is 0. The van der Waals surface area contributed by atoms with E-state index in [0.717, 1.165) is 6.54 Å². The van der Waals surface area contributed by atoms with E-state index in [1.54, 1.807) is 0 Å². The van der Waals surface area contributed by atoms with Crippen LogP contribution in [0.15, 0.2) is 0 Å². The van der Waals surface area contributed by atoms with Crippen molar-refractivity contribution in [3.8, 4) is 0 Å². The standard InChI is InChI=1S/C11H25NO/c1-3-5-7-11(8-6-4-2)12-9-10-13/h11-13H,3-10H2,1-2H3. The molecule has 0 aliphatic rings. The second kappa shape index (κ2) is 10.0. The van der Waals surface area contributed by atoms with Gasteiger partial charge in [0.05, 0.1) is 6.61 Å². The van der Waals surface area contributed by atoms with Crippen molar-refractivity contribution in [3.05, 3.63) is 0 Å². The van der Waals surface area contributed by atoms with Crippen LogP contribution < -0.4 is 5.32 Å². The van der Waals surface area contributed by atoms with Crippen molar-refractivity contribution >= 4 is 0 Å². The smallest absolute Gasteiger partial charge is 0.0556 e. The van der Waals surface area contributed by atoms with Crippen LogP contribution in [-0.4, -0.2) is 24.3 Å². The largest absolute Gasteiger partial charge is 0.395 e. The van der Waals surface area contributed by atoms with Gasteiger partial charge >= 0.3 is 0 Å². The van der Waals surface area contributed by atoms with Gasteiger partial charge in [-0.05, 0) is 12.8 Å². The predicted molar refractivity (Wildman–Crippen MR) is 57.9 cm³/mol. The Morgan fingerprint density at radius 3 is 2.00 bits per heavy atom. The minimum absolute atomic E-state index is 0.259. The molecule has 2 N–H and O–H groups in total. The second-order valence-corrected chi connectivity index (χ2v) is 3.66. The predicted octanol–water partition coefficient (Wildman–Crippen LogP) is 2.32. The van der Waals surface area contributed by atoms with Gasteiger partial charge in [0.2, 0.25) is 0 Å². The van der Waals surface area contributed by atoms with Gasteiger partial charge in [0, 0.05) is 12.6 Å². The third kappa shape index (κ3) is 8.26. The van der Waals surface area contributed by atoms with Crippen LogP contribution in [0.25, 0.3) is 0 Å². The van der Waals surface area contributed by atoms with Crippen molar-refractivity contribution in [2.75, 3.05) is 13.2 Å². The second-order valence-electron chi connectivity index (χ2n) is 3.66. The molecule has 0 fully saturated rings. The Hall–Kier alpha value is -0.0800. The Balaban J connectivity index is 3.47. The Morgan fingerprint density at radius 2 is 1.62 bits per heavy atom. The minimum Gasteiger partial charge on any atom is -0.395 e. The lowest BCUT2D eigenvalue weighted by Crippen LogP contribution is -2.31. The Kier molecular flexibility index (Phi) is 9.94. The average Bonchev–Trinajstić information content (AvgIpc) is 2.17. The monoisotopic (exact) mass is 187 g/mol. The highest BCUT2D eigenvalue weighted by atomic mass is 16.3. The van der Waals surface area contributed by atoms with Gasteiger partial charge in [-0.3, -0.25) is 0 Å². The highest BCUT2D eigenvalue weighted by Gasteiger charge is 2.05. The molecular formula is C11H25NO. The van der Waals surface area contributed by atoms with Crippen molar-refractivity contribution in [3.63, 3.8) is 0 Å². The van der Waals surface area contributed by atoms with Crippen LogP contribution in [0.5, 0.6) is 0 Å². The van der Waals surface area contributed by atoms with E-state index in [1.807, 2.05) is 0 Å². The maximum absolute atomic E-state index is 8.70. The average molecular weight is 187 g/mol. The normalized spacial score (nSPS) is 11.1. The fraction of sp³-hybridized carbons (Fsp3) is 1.00. The maximum atomic E-state index is 8.70. The first-order chi connectivity index (χ1) is 6.35. The molecule has 0 unspecified atom stereocenters. The molecule has 0 aromatic heterocycles. The van der Waals surface area contributed by atoms with Crippen LogP contribution >= 0.6 is 0 Å². The zero-order valence-electron chi connectivity index (χ0n) is 9.18. The molecule has 0 saturated carbocycles. The van der Waals surface area contributed by atoms with Crippen molar-refractivity contribution in [1.29, 1.82) is 0 Å². The Labute approximate surface area is 82.7 Å². The van der Waals surface area contributed by atoms with Crippen LogP contribution in [-0.2, 0) is 0 Å². The van der Waals surface area contributed by atoms with Gasteiger partial charge in [0.15, 0.2) is 0 Å². The zero-order valence-corrected chi connectivity index (χ0v) is 9.18. The molecular weight excluding hydrogens is 162 g/mol. The summed E-state index contributed by atoms with van der Waals surface area (Å²) in [5, 5.41) is 12.1. The number of rotatable bonds is 9. The van der Waals surface area contributed by atoms with Gasteiger partial charge in [0.1, 0.15) is 0 Å². The Bertz CT molecular complexity index is 77.1. The molecule has 2 nitrogen and oxygen atoms in total. The summed E-state index contributed by atoms with van der Waals surface area (Å²) >= 11 is 0. The molecule has 0 aromatic rings. The maximum Gasteiger partial charge on any atom is 0.0556 e. The first-order valence-corrected chi connectivity index (χ1v) is 5.69. The summed E-state index contributed by atoms with van der Waals surface area (Å²) < 4.78 is 0. The number of aliphatic hydroxyl groups excluding tert-OH is 1. The molecule has 2 heteroatoms. The van der Waals surface area contributed by atoms with Crippen LogP contribution in [0.1, 0.15) is 52.4 Å². The Morgan fingerprint density at radius 1 is 1.08 bits per heavy atom. The van der Waals surface area contributed by atoms with E-state index in [4.69, 9.17) is 5.11 Å². The number of nitrogens with one attached hydrogen (secondary N) is 1. The molecule has 0 heterocycles. The fourth-order valence-electron chi connectivity index (χ4n) is 1.52. The van der Waals surface area contributed by atoms with E-state index >= 15 is 0 Å². The van der Waals surface area contributed by atoms with Gasteiger partial charge in [0.25, 0.3) is 0 Å². The number of hydrogen-bond acceptors (Lipinski definition) is 2. The van der Waals surface area contributed by atoms with E-state index in [1.165, 1.54) is 38.5 Å². The molecule has 80 valence electrons. The molecule has 0 aliphatic carbocycles. The lowest BCUT2D eigenvalue weighted by Gasteiger charge is -2.17. The third-order valence-electron chi connectivity index (χ3n) is 2.36. The summed E-state index contributed by atoms with van der Waals surface area (Å²) in [6.45, 7) is 5.46. The molecule has 0 rings (SSSR count). The van der Waals surface area contributed by atoms with E-state index in [9.17, 15) is 0 Å². The van der Waals surface area contributed by atoms with Crippen molar-refractivity contribution in [2.24, 2.45) is 0 Å². The highest BCUT2D eigenvalue weighted by Crippen LogP contribution is 2.08. The van der Waals surface area contributed by atoms with Crippen LogP contribution in [0.2, 0.25) is 0 Å². The molecule has 0 spiro atoms. The summed E-state index contributed by atoms with van der Waals surface area (Å²) in [4.78, 5) is 0. The number of unbranched alkanes of at least 4 members (excludes halogenated alkanes) is 2. The van der Waals surface area contributed by atoms with Gasteiger partial charge in [-0.25, -0.2) is 0 Å². The van der Waals surface area contributed by atoms with Crippen LogP contribution in [0.4, 0.5) is 0 Å². The highest BCUT2D eigenvalue weighted by molar-refractivity contribution is 4.66. The third-order valence-corrected chi connectivity index (χ3v) is 2.36. The van der Waals surface area contributed by atoms with Crippen molar-refractivity contribution in [1.82, 2.24) is 5.32 Å². The minimum atomic E-state index is 0.259. The van der Waals surface area contributed by atoms with Gasteiger partial charge in [-0.15, -0.1) is 0 Å². The van der Waals surface area contributed by atoms with Crippen molar-refractivity contribution < 1.29 is 5.11 Å². The van der Waals surface area contributed by atoms with Gasteiger partial charge in [-0.1, -0.05) is 39.5 Å². The number of hydrogen-bond donors (Lipinski definition) is 2. The lowest BCUT2D eigenvalue weighted by atomic mass is 10.0. The summed E-state index contributed by atoms with van der Waals surface area (Å²) in [5.74, 6) is 0. The summed E-state index contributed by atoms with van der Waals surface area (Å²) in [6, 6.07) is 0.632. The number of aliphatic hydroxyl groups is 1. The van der Waals surface area contributed by atoms with Gasteiger partial charge in [-0.2, -0.15) is 0 Å². The van der Waals surface area contributed by atoms with E-state index in [2.05, 4.69) is 19.2 Å². The molecule has 0 atom stereocenters. The van der Waals surface area contributed by atoms with E-state index in [0.29, 0.717) is 6.04 Å².